The minimum atomic E-state index is -0.456. The van der Waals surface area contributed by atoms with Crippen LogP contribution in [0.5, 0.6) is 34.5 Å². The fraction of sp³-hybridized carbons (Fsp3) is 0.520. The minimum Gasteiger partial charge on any atom is -0.493 e. The third-order valence-electron chi connectivity index (χ3n) is 7.28. The molecule has 2 aromatic carbocycles. The molecule has 0 saturated carbocycles. The fourth-order valence-corrected chi connectivity index (χ4v) is 5.43. The smallest absolute Gasteiger partial charge is 0.231 e. The Bertz CT molecular complexity index is 993. The Morgan fingerprint density at radius 3 is 2.09 bits per heavy atom. The number of methoxy groups -OCH3 is 3. The highest BCUT2D eigenvalue weighted by molar-refractivity contribution is 5.60. The summed E-state index contributed by atoms with van der Waals surface area (Å²) < 4.78 is 35.0. The molecule has 1 unspecified atom stereocenters. The van der Waals surface area contributed by atoms with E-state index in [1.165, 1.54) is 12.8 Å². The second kappa shape index (κ2) is 7.96. The Morgan fingerprint density at radius 2 is 1.50 bits per heavy atom. The highest BCUT2D eigenvalue weighted by atomic mass is 16.7. The fourth-order valence-electron chi connectivity index (χ4n) is 5.43. The molecular formula is C25H31NO6. The molecule has 32 heavy (non-hydrogen) atoms. The largest absolute Gasteiger partial charge is 0.493 e. The van der Waals surface area contributed by atoms with Crippen LogP contribution in [0.3, 0.4) is 0 Å². The molecule has 0 bridgehead atoms. The van der Waals surface area contributed by atoms with Gasteiger partial charge in [-0.25, -0.2) is 0 Å². The molecule has 3 heterocycles. The van der Waals surface area contributed by atoms with Crippen molar-refractivity contribution < 1.29 is 28.4 Å². The predicted molar refractivity (Wildman–Crippen MR) is 120 cm³/mol. The number of likely N-dealkylation sites (tertiary alicyclic amines) is 1. The van der Waals surface area contributed by atoms with Gasteiger partial charge in [0, 0.05) is 36.6 Å². The number of ether oxygens (including phenoxy) is 6. The number of fused-ring (bicyclic) bond motifs is 2. The maximum Gasteiger partial charge on any atom is 0.231 e. The monoisotopic (exact) mass is 441 g/mol. The second-order valence-electron chi connectivity index (χ2n) is 8.82. The van der Waals surface area contributed by atoms with Crippen molar-refractivity contribution in [1.82, 2.24) is 4.90 Å². The molecule has 0 radical (unpaired) electrons. The number of hydrogen-bond acceptors (Lipinski definition) is 7. The van der Waals surface area contributed by atoms with Crippen molar-refractivity contribution >= 4 is 0 Å². The molecule has 3 aliphatic heterocycles. The lowest BCUT2D eigenvalue weighted by Crippen LogP contribution is -2.57. The van der Waals surface area contributed by atoms with Crippen LogP contribution in [0.15, 0.2) is 24.3 Å². The van der Waals surface area contributed by atoms with Gasteiger partial charge in [0.05, 0.1) is 21.3 Å². The minimum absolute atomic E-state index is 0.0348. The topological polar surface area (TPSA) is 58.6 Å². The Balaban J connectivity index is 1.70. The molecule has 172 valence electrons. The van der Waals surface area contributed by atoms with E-state index in [0.717, 1.165) is 41.5 Å². The molecule has 3 aliphatic rings. The average molecular weight is 442 g/mol. The zero-order valence-electron chi connectivity index (χ0n) is 19.4. The molecule has 7 nitrogen and oxygen atoms in total. The van der Waals surface area contributed by atoms with Crippen molar-refractivity contribution in [3.8, 4) is 34.5 Å². The number of rotatable bonds is 5. The Hall–Kier alpha value is -2.80. The van der Waals surface area contributed by atoms with Crippen molar-refractivity contribution in [3.05, 3.63) is 35.4 Å². The van der Waals surface area contributed by atoms with E-state index in [1.54, 1.807) is 21.3 Å². The zero-order valence-corrected chi connectivity index (χ0v) is 19.4. The maximum atomic E-state index is 6.75. The van der Waals surface area contributed by atoms with Gasteiger partial charge in [0.2, 0.25) is 12.5 Å². The summed E-state index contributed by atoms with van der Waals surface area (Å²) in [4.78, 5) is 2.47. The summed E-state index contributed by atoms with van der Waals surface area (Å²) >= 11 is 0. The van der Waals surface area contributed by atoms with E-state index in [9.17, 15) is 0 Å². The van der Waals surface area contributed by atoms with Crippen LogP contribution in [0.2, 0.25) is 0 Å². The van der Waals surface area contributed by atoms with Gasteiger partial charge in [-0.1, -0.05) is 6.92 Å². The summed E-state index contributed by atoms with van der Waals surface area (Å²) in [6, 6.07) is 8.13. The summed E-state index contributed by atoms with van der Waals surface area (Å²) in [5.74, 6) is 4.37. The van der Waals surface area contributed by atoms with Crippen LogP contribution in [0.1, 0.15) is 43.7 Å². The van der Waals surface area contributed by atoms with Gasteiger partial charge in [-0.2, -0.15) is 0 Å². The maximum absolute atomic E-state index is 6.75. The van der Waals surface area contributed by atoms with Crippen LogP contribution in [-0.2, 0) is 0 Å². The standard InChI is InChI=1S/C25H31NO6/c1-15-23(16-10-21(27-3)24(29-5)22(11-16)28-4)17-12-19-20(31-14-30-19)13-18(17)32-25(15,2)26-8-6-7-9-26/h10-13,15,23H,6-9,14H2,1-5H3/t15-,23?,25-/m0/s1. The summed E-state index contributed by atoms with van der Waals surface area (Å²) in [6.45, 7) is 6.76. The first-order valence-electron chi connectivity index (χ1n) is 11.2. The van der Waals surface area contributed by atoms with E-state index >= 15 is 0 Å². The van der Waals surface area contributed by atoms with E-state index in [4.69, 9.17) is 28.4 Å². The van der Waals surface area contributed by atoms with E-state index in [-0.39, 0.29) is 18.6 Å². The van der Waals surface area contributed by atoms with Gasteiger partial charge >= 0.3 is 0 Å². The first-order chi connectivity index (χ1) is 15.5. The van der Waals surface area contributed by atoms with Gasteiger partial charge in [0.25, 0.3) is 0 Å². The molecule has 1 saturated heterocycles. The Morgan fingerprint density at radius 1 is 0.875 bits per heavy atom. The third kappa shape index (κ3) is 3.13. The van der Waals surface area contributed by atoms with Gasteiger partial charge in [-0.3, -0.25) is 4.90 Å². The van der Waals surface area contributed by atoms with Crippen LogP contribution in [-0.4, -0.2) is 51.8 Å². The summed E-state index contributed by atoms with van der Waals surface area (Å²) in [5, 5.41) is 0. The normalized spacial score (nSPS) is 26.4. The molecule has 7 heteroatoms. The average Bonchev–Trinajstić information content (AvgIpc) is 3.50. The lowest BCUT2D eigenvalue weighted by Gasteiger charge is -2.50. The summed E-state index contributed by atoms with van der Waals surface area (Å²) in [7, 11) is 4.92. The third-order valence-corrected chi connectivity index (χ3v) is 7.28. The highest BCUT2D eigenvalue weighted by Gasteiger charge is 2.50. The quantitative estimate of drug-likeness (QED) is 0.681. The van der Waals surface area contributed by atoms with Crippen LogP contribution in [0.25, 0.3) is 0 Å². The predicted octanol–water partition coefficient (Wildman–Crippen LogP) is 4.41. The lowest BCUT2D eigenvalue weighted by molar-refractivity contribution is -0.114. The first kappa shape index (κ1) is 21.1. The van der Waals surface area contributed by atoms with Crippen molar-refractivity contribution in [1.29, 1.82) is 0 Å². The van der Waals surface area contributed by atoms with Gasteiger partial charge in [0.15, 0.2) is 28.7 Å². The lowest BCUT2D eigenvalue weighted by atomic mass is 9.73. The SMILES string of the molecule is COc1cc(C2c3cc4c(cc3O[C@](C)(N3CCCC3)[C@H]2C)OCO4)cc(OC)c1OC. The molecule has 5 rings (SSSR count). The van der Waals surface area contributed by atoms with Crippen LogP contribution in [0, 0.1) is 5.92 Å². The first-order valence-corrected chi connectivity index (χ1v) is 11.2. The second-order valence-corrected chi connectivity index (χ2v) is 8.82. The molecule has 1 fully saturated rings. The van der Waals surface area contributed by atoms with Crippen molar-refractivity contribution in [2.24, 2.45) is 5.92 Å². The van der Waals surface area contributed by atoms with Crippen molar-refractivity contribution in [3.63, 3.8) is 0 Å². The molecular weight excluding hydrogens is 410 g/mol. The van der Waals surface area contributed by atoms with Crippen molar-refractivity contribution in [2.75, 3.05) is 41.2 Å². The molecule has 0 aromatic heterocycles. The Kier molecular flexibility index (Phi) is 5.24. The van der Waals surface area contributed by atoms with E-state index in [1.807, 2.05) is 18.2 Å². The van der Waals surface area contributed by atoms with Crippen LogP contribution in [0.4, 0.5) is 0 Å². The van der Waals surface area contributed by atoms with Gasteiger partial charge in [-0.05, 0) is 43.5 Å². The number of hydrogen-bond donors (Lipinski definition) is 0. The van der Waals surface area contributed by atoms with Crippen LogP contribution < -0.4 is 28.4 Å². The molecule has 0 N–H and O–H groups in total. The number of nitrogens with zero attached hydrogens (tertiary/aromatic N) is 1. The molecule has 0 spiro atoms. The van der Waals surface area contributed by atoms with Gasteiger partial charge in [-0.15, -0.1) is 0 Å². The van der Waals surface area contributed by atoms with E-state index in [2.05, 4.69) is 24.8 Å². The molecule has 0 aliphatic carbocycles. The van der Waals surface area contributed by atoms with E-state index in [0.29, 0.717) is 17.2 Å². The number of benzene rings is 2. The van der Waals surface area contributed by atoms with Crippen LogP contribution >= 0.6 is 0 Å². The van der Waals surface area contributed by atoms with Gasteiger partial charge < -0.3 is 28.4 Å². The molecule has 0 amide bonds. The summed E-state index contributed by atoms with van der Waals surface area (Å²) in [5.41, 5.74) is 1.70. The molecule has 3 atom stereocenters. The van der Waals surface area contributed by atoms with Crippen molar-refractivity contribution in [2.45, 2.75) is 38.3 Å². The highest BCUT2D eigenvalue weighted by Crippen LogP contribution is 2.54. The summed E-state index contributed by atoms with van der Waals surface area (Å²) in [6.07, 6.45) is 2.38. The van der Waals surface area contributed by atoms with Gasteiger partial charge in [0.1, 0.15) is 5.75 Å². The molecule has 2 aromatic rings. The zero-order chi connectivity index (χ0) is 22.5. The Labute approximate surface area is 189 Å². The van der Waals surface area contributed by atoms with E-state index < -0.39 is 5.72 Å².